The predicted molar refractivity (Wildman–Crippen MR) is 84.2 cm³/mol. The first-order valence-electron chi connectivity index (χ1n) is 7.86. The Morgan fingerprint density at radius 2 is 1.55 bits per heavy atom. The van der Waals surface area contributed by atoms with E-state index in [1.807, 2.05) is 0 Å². The van der Waals surface area contributed by atoms with Gasteiger partial charge in [0, 0.05) is 13.2 Å². The SMILES string of the molecule is COCOCOCOCc1ccc(C2CCC(N)CC2)cc1. The highest BCUT2D eigenvalue weighted by Gasteiger charge is 2.19. The fourth-order valence-corrected chi connectivity index (χ4v) is 2.77. The number of hydrogen-bond acceptors (Lipinski definition) is 5. The zero-order valence-electron chi connectivity index (χ0n) is 13.3. The Balaban J connectivity index is 1.64. The first-order valence-corrected chi connectivity index (χ1v) is 7.86. The van der Waals surface area contributed by atoms with Crippen LogP contribution in [0, 0.1) is 0 Å². The molecule has 0 aromatic heterocycles. The second kappa shape index (κ2) is 9.92. The highest BCUT2D eigenvalue weighted by atomic mass is 16.8. The molecule has 1 aromatic rings. The van der Waals surface area contributed by atoms with Crippen LogP contribution in [-0.2, 0) is 25.6 Å². The van der Waals surface area contributed by atoms with E-state index in [2.05, 4.69) is 24.3 Å². The molecule has 1 aromatic carbocycles. The molecule has 0 bridgehead atoms. The summed E-state index contributed by atoms with van der Waals surface area (Å²) < 4.78 is 20.3. The van der Waals surface area contributed by atoms with Crippen molar-refractivity contribution in [2.24, 2.45) is 5.73 Å². The van der Waals surface area contributed by atoms with E-state index in [1.165, 1.54) is 18.4 Å². The van der Waals surface area contributed by atoms with E-state index in [1.54, 1.807) is 7.11 Å². The van der Waals surface area contributed by atoms with Gasteiger partial charge in [-0.25, -0.2) is 0 Å². The smallest absolute Gasteiger partial charge is 0.152 e. The summed E-state index contributed by atoms with van der Waals surface area (Å²) in [5.74, 6) is 0.663. The topological polar surface area (TPSA) is 62.9 Å². The molecule has 0 amide bonds. The lowest BCUT2D eigenvalue weighted by atomic mass is 9.82. The maximum Gasteiger partial charge on any atom is 0.152 e. The van der Waals surface area contributed by atoms with Gasteiger partial charge in [0.2, 0.25) is 0 Å². The minimum absolute atomic E-state index is 0.177. The lowest BCUT2D eigenvalue weighted by Crippen LogP contribution is -2.25. The average molecular weight is 309 g/mol. The molecule has 1 fully saturated rings. The Bertz CT molecular complexity index is 402. The fourth-order valence-electron chi connectivity index (χ4n) is 2.77. The van der Waals surface area contributed by atoms with Gasteiger partial charge in [0.05, 0.1) is 6.61 Å². The van der Waals surface area contributed by atoms with Gasteiger partial charge in [-0.15, -0.1) is 0 Å². The molecule has 124 valence electrons. The van der Waals surface area contributed by atoms with Crippen LogP contribution in [0.4, 0.5) is 0 Å². The van der Waals surface area contributed by atoms with E-state index >= 15 is 0 Å². The molecule has 1 saturated carbocycles. The first-order chi connectivity index (χ1) is 10.8. The number of methoxy groups -OCH3 is 1. The Hall–Kier alpha value is -0.980. The molecule has 0 spiro atoms. The van der Waals surface area contributed by atoms with Gasteiger partial charge in [-0.2, -0.15) is 0 Å². The van der Waals surface area contributed by atoms with Gasteiger partial charge < -0.3 is 24.7 Å². The molecular formula is C17H27NO4. The highest BCUT2D eigenvalue weighted by Crippen LogP contribution is 2.32. The minimum Gasteiger partial charge on any atom is -0.359 e. The molecule has 0 radical (unpaired) electrons. The van der Waals surface area contributed by atoms with Gasteiger partial charge in [0.15, 0.2) is 6.79 Å². The lowest BCUT2D eigenvalue weighted by Gasteiger charge is -2.26. The zero-order valence-corrected chi connectivity index (χ0v) is 13.3. The van der Waals surface area contributed by atoms with Crippen LogP contribution in [-0.4, -0.2) is 33.5 Å². The molecule has 0 saturated heterocycles. The van der Waals surface area contributed by atoms with Crippen LogP contribution in [0.2, 0.25) is 0 Å². The molecule has 1 aliphatic rings. The quantitative estimate of drug-likeness (QED) is 0.561. The van der Waals surface area contributed by atoms with Crippen molar-refractivity contribution in [1.82, 2.24) is 0 Å². The summed E-state index contributed by atoms with van der Waals surface area (Å²) in [7, 11) is 1.57. The van der Waals surface area contributed by atoms with Gasteiger partial charge in [0.25, 0.3) is 0 Å². The van der Waals surface area contributed by atoms with Crippen LogP contribution in [0.3, 0.4) is 0 Å². The van der Waals surface area contributed by atoms with Crippen LogP contribution in [0.5, 0.6) is 0 Å². The normalized spacial score (nSPS) is 21.9. The molecule has 5 nitrogen and oxygen atoms in total. The van der Waals surface area contributed by atoms with Crippen molar-refractivity contribution in [2.75, 3.05) is 27.5 Å². The largest absolute Gasteiger partial charge is 0.359 e. The molecule has 22 heavy (non-hydrogen) atoms. The molecule has 1 aliphatic carbocycles. The lowest BCUT2D eigenvalue weighted by molar-refractivity contribution is -0.166. The van der Waals surface area contributed by atoms with Crippen molar-refractivity contribution in [3.63, 3.8) is 0 Å². The molecule has 0 unspecified atom stereocenters. The Labute approximate surface area is 132 Å². The van der Waals surface area contributed by atoms with Crippen molar-refractivity contribution in [3.05, 3.63) is 35.4 Å². The van der Waals surface area contributed by atoms with E-state index in [-0.39, 0.29) is 20.4 Å². The zero-order chi connectivity index (χ0) is 15.6. The van der Waals surface area contributed by atoms with E-state index in [0.717, 1.165) is 18.4 Å². The Kier molecular flexibility index (Phi) is 7.83. The molecule has 2 rings (SSSR count). The van der Waals surface area contributed by atoms with E-state index in [9.17, 15) is 0 Å². The first kappa shape index (κ1) is 17.4. The monoisotopic (exact) mass is 309 g/mol. The van der Waals surface area contributed by atoms with E-state index in [0.29, 0.717) is 18.6 Å². The maximum atomic E-state index is 5.96. The molecule has 2 N–H and O–H groups in total. The predicted octanol–water partition coefficient (Wildman–Crippen LogP) is 2.74. The summed E-state index contributed by atoms with van der Waals surface area (Å²) in [6.45, 7) is 1.16. The van der Waals surface area contributed by atoms with E-state index < -0.39 is 0 Å². The van der Waals surface area contributed by atoms with Crippen molar-refractivity contribution >= 4 is 0 Å². The highest BCUT2D eigenvalue weighted by molar-refractivity contribution is 5.25. The van der Waals surface area contributed by atoms with Gasteiger partial charge >= 0.3 is 0 Å². The maximum absolute atomic E-state index is 5.96. The van der Waals surface area contributed by atoms with Crippen LogP contribution >= 0.6 is 0 Å². The molecule has 0 aliphatic heterocycles. The Morgan fingerprint density at radius 3 is 2.23 bits per heavy atom. The molecular weight excluding hydrogens is 282 g/mol. The summed E-state index contributed by atoms with van der Waals surface area (Å²) in [4.78, 5) is 0. The second-order valence-corrected chi connectivity index (χ2v) is 5.75. The number of rotatable bonds is 9. The second-order valence-electron chi connectivity index (χ2n) is 5.75. The summed E-state index contributed by atoms with van der Waals surface area (Å²) >= 11 is 0. The van der Waals surface area contributed by atoms with Crippen molar-refractivity contribution in [1.29, 1.82) is 0 Å². The van der Waals surface area contributed by atoms with Crippen LogP contribution < -0.4 is 5.73 Å². The summed E-state index contributed by atoms with van der Waals surface area (Å²) in [5, 5.41) is 0. The minimum atomic E-state index is 0.177. The van der Waals surface area contributed by atoms with Crippen LogP contribution in [0.15, 0.2) is 24.3 Å². The van der Waals surface area contributed by atoms with E-state index in [4.69, 9.17) is 24.7 Å². The number of hydrogen-bond donors (Lipinski definition) is 1. The third-order valence-corrected chi connectivity index (χ3v) is 4.03. The van der Waals surface area contributed by atoms with Gasteiger partial charge in [-0.05, 0) is 42.7 Å². The summed E-state index contributed by atoms with van der Waals surface area (Å²) in [6.07, 6.45) is 4.68. The number of nitrogens with two attached hydrogens (primary N) is 1. The van der Waals surface area contributed by atoms with Crippen LogP contribution in [0.1, 0.15) is 42.7 Å². The van der Waals surface area contributed by atoms with Crippen molar-refractivity contribution in [3.8, 4) is 0 Å². The standard InChI is InChI=1S/C17H27NO4/c1-19-11-21-13-22-12-20-10-14-2-4-15(5-3-14)16-6-8-17(18)9-7-16/h2-5,16-17H,6-13,18H2,1H3. The number of ether oxygens (including phenoxy) is 4. The number of benzene rings is 1. The molecule has 0 heterocycles. The fraction of sp³-hybridized carbons (Fsp3) is 0.647. The average Bonchev–Trinajstić information content (AvgIpc) is 2.55. The third-order valence-electron chi connectivity index (χ3n) is 4.03. The summed E-state index contributed by atoms with van der Waals surface area (Å²) in [5.41, 5.74) is 8.53. The summed E-state index contributed by atoms with van der Waals surface area (Å²) in [6, 6.07) is 9.08. The van der Waals surface area contributed by atoms with Crippen molar-refractivity contribution in [2.45, 2.75) is 44.2 Å². The van der Waals surface area contributed by atoms with Crippen LogP contribution in [0.25, 0.3) is 0 Å². The van der Waals surface area contributed by atoms with Gasteiger partial charge in [-0.3, -0.25) is 0 Å². The Morgan fingerprint density at radius 1 is 0.909 bits per heavy atom. The molecule has 0 atom stereocenters. The molecule has 5 heteroatoms. The third kappa shape index (κ3) is 6.02. The van der Waals surface area contributed by atoms with Gasteiger partial charge in [0.1, 0.15) is 13.6 Å². The van der Waals surface area contributed by atoms with Crippen molar-refractivity contribution < 1.29 is 18.9 Å². The van der Waals surface area contributed by atoms with Gasteiger partial charge in [-0.1, -0.05) is 24.3 Å².